The van der Waals surface area contributed by atoms with Gasteiger partial charge in [0.15, 0.2) is 23.0 Å². The van der Waals surface area contributed by atoms with Crippen LogP contribution in [0.3, 0.4) is 0 Å². The van der Waals surface area contributed by atoms with Crippen LogP contribution in [0, 0.1) is 0 Å². The minimum absolute atomic E-state index is 0.0204. The molecule has 20 heavy (non-hydrogen) atoms. The van der Waals surface area contributed by atoms with Gasteiger partial charge in [-0.2, -0.15) is 4.98 Å². The molecule has 0 atom stereocenters. The fraction of sp³-hybridized carbons (Fsp3) is 0.429. The van der Waals surface area contributed by atoms with Crippen LogP contribution in [-0.4, -0.2) is 24.4 Å². The Morgan fingerprint density at radius 3 is 2.45 bits per heavy atom. The van der Waals surface area contributed by atoms with Crippen molar-refractivity contribution in [3.05, 3.63) is 35.5 Å². The molecule has 6 heteroatoms. The van der Waals surface area contributed by atoms with Gasteiger partial charge in [-0.15, -0.1) is 0 Å². The molecule has 5 nitrogen and oxygen atoms in total. The van der Waals surface area contributed by atoms with Crippen LogP contribution in [0.15, 0.2) is 22.7 Å². The van der Waals surface area contributed by atoms with Gasteiger partial charge in [-0.05, 0) is 31.5 Å². The van der Waals surface area contributed by atoms with Crippen LogP contribution >= 0.6 is 0 Å². The summed E-state index contributed by atoms with van der Waals surface area (Å²) in [5, 5.41) is 3.78. The molecule has 0 spiro atoms. The van der Waals surface area contributed by atoms with Crippen molar-refractivity contribution in [2.75, 3.05) is 14.2 Å². The Morgan fingerprint density at radius 1 is 1.20 bits per heavy atom. The third-order valence-electron chi connectivity index (χ3n) is 2.79. The molecule has 1 aromatic carbocycles. The third-order valence-corrected chi connectivity index (χ3v) is 2.79. The second-order valence-electron chi connectivity index (χ2n) is 4.85. The van der Waals surface area contributed by atoms with Crippen LogP contribution in [0.1, 0.15) is 31.1 Å². The van der Waals surface area contributed by atoms with Crippen molar-refractivity contribution in [3.8, 4) is 11.5 Å². The van der Waals surface area contributed by atoms with E-state index in [2.05, 4.69) is 10.1 Å². The van der Waals surface area contributed by atoms with Gasteiger partial charge < -0.3 is 14.0 Å². The van der Waals surface area contributed by atoms with Crippen LogP contribution in [-0.2, 0) is 12.1 Å². The van der Waals surface area contributed by atoms with Gasteiger partial charge in [0, 0.05) is 6.42 Å². The second-order valence-corrected chi connectivity index (χ2v) is 4.85. The molecule has 1 aromatic heterocycles. The molecular weight excluding hydrogens is 263 g/mol. The number of ether oxygens (including phenoxy) is 2. The lowest BCUT2D eigenvalue weighted by molar-refractivity contribution is 0.155. The average Bonchev–Trinajstić information content (AvgIpc) is 2.87. The SMILES string of the molecule is COc1ccc(Cc2noc(C(C)(C)F)n2)cc1OC. The molecule has 0 amide bonds. The molecule has 0 N–H and O–H groups in total. The lowest BCUT2D eigenvalue weighted by Gasteiger charge is -2.08. The summed E-state index contributed by atoms with van der Waals surface area (Å²) in [6, 6.07) is 5.50. The highest BCUT2D eigenvalue weighted by molar-refractivity contribution is 5.43. The quantitative estimate of drug-likeness (QED) is 0.843. The molecule has 0 saturated heterocycles. The van der Waals surface area contributed by atoms with E-state index in [0.717, 1.165) is 5.56 Å². The predicted octanol–water partition coefficient (Wildman–Crippen LogP) is 2.88. The zero-order valence-corrected chi connectivity index (χ0v) is 11.9. The van der Waals surface area contributed by atoms with E-state index in [-0.39, 0.29) is 5.89 Å². The van der Waals surface area contributed by atoms with E-state index in [1.54, 1.807) is 20.3 Å². The number of hydrogen-bond acceptors (Lipinski definition) is 5. The Bertz CT molecular complexity index is 590. The van der Waals surface area contributed by atoms with E-state index in [1.165, 1.54) is 13.8 Å². The largest absolute Gasteiger partial charge is 0.493 e. The predicted molar refractivity (Wildman–Crippen MR) is 70.8 cm³/mol. The Hall–Kier alpha value is -2.11. The molecular formula is C14H17FN2O3. The van der Waals surface area contributed by atoms with Crippen molar-refractivity contribution in [1.29, 1.82) is 0 Å². The Kier molecular flexibility index (Phi) is 3.92. The first-order chi connectivity index (χ1) is 9.44. The number of aromatic nitrogens is 2. The molecule has 108 valence electrons. The lowest BCUT2D eigenvalue weighted by atomic mass is 10.1. The Labute approximate surface area is 116 Å². The molecule has 0 aliphatic heterocycles. The maximum absolute atomic E-state index is 13.7. The number of hydrogen-bond donors (Lipinski definition) is 0. The summed E-state index contributed by atoms with van der Waals surface area (Å²) in [5.74, 6) is 1.68. The summed E-state index contributed by atoms with van der Waals surface area (Å²) in [4.78, 5) is 4.05. The molecule has 2 rings (SSSR count). The summed E-state index contributed by atoms with van der Waals surface area (Å²) in [7, 11) is 3.14. The molecule has 0 unspecified atom stereocenters. The number of methoxy groups -OCH3 is 2. The minimum atomic E-state index is -1.64. The van der Waals surface area contributed by atoms with Gasteiger partial charge in [0.05, 0.1) is 14.2 Å². The first-order valence-corrected chi connectivity index (χ1v) is 6.17. The lowest BCUT2D eigenvalue weighted by Crippen LogP contribution is -2.09. The molecule has 0 fully saturated rings. The highest BCUT2D eigenvalue weighted by Crippen LogP contribution is 2.28. The van der Waals surface area contributed by atoms with Crippen LogP contribution in [0.5, 0.6) is 11.5 Å². The fourth-order valence-electron chi connectivity index (χ4n) is 1.74. The number of nitrogens with zero attached hydrogens (tertiary/aromatic N) is 2. The number of benzene rings is 1. The molecule has 0 bridgehead atoms. The summed E-state index contributed by atoms with van der Waals surface area (Å²) in [6.07, 6.45) is 0.430. The van der Waals surface area contributed by atoms with E-state index in [9.17, 15) is 4.39 Å². The van der Waals surface area contributed by atoms with Gasteiger partial charge in [-0.3, -0.25) is 0 Å². The van der Waals surface area contributed by atoms with Crippen molar-refractivity contribution in [1.82, 2.24) is 10.1 Å². The molecule has 0 aliphatic carbocycles. The zero-order valence-electron chi connectivity index (χ0n) is 11.9. The summed E-state index contributed by atoms with van der Waals surface area (Å²) < 4.78 is 29.0. The fourth-order valence-corrected chi connectivity index (χ4v) is 1.74. The maximum Gasteiger partial charge on any atom is 0.263 e. The maximum atomic E-state index is 13.7. The standard InChI is InChI=1S/C14H17FN2O3/c1-14(2,15)13-16-12(17-20-13)8-9-5-6-10(18-3)11(7-9)19-4/h5-7H,8H2,1-4H3. The van der Waals surface area contributed by atoms with Gasteiger partial charge in [0.25, 0.3) is 5.89 Å². The van der Waals surface area contributed by atoms with Crippen LogP contribution in [0.4, 0.5) is 4.39 Å². The summed E-state index contributed by atoms with van der Waals surface area (Å²) >= 11 is 0. The van der Waals surface area contributed by atoms with Gasteiger partial charge in [0.2, 0.25) is 0 Å². The monoisotopic (exact) mass is 280 g/mol. The van der Waals surface area contributed by atoms with Crippen molar-refractivity contribution >= 4 is 0 Å². The smallest absolute Gasteiger partial charge is 0.263 e. The van der Waals surface area contributed by atoms with E-state index < -0.39 is 5.67 Å². The molecule has 2 aromatic rings. The zero-order chi connectivity index (χ0) is 14.8. The minimum Gasteiger partial charge on any atom is -0.493 e. The van der Waals surface area contributed by atoms with Gasteiger partial charge >= 0.3 is 0 Å². The van der Waals surface area contributed by atoms with Gasteiger partial charge in [0.1, 0.15) is 0 Å². The van der Waals surface area contributed by atoms with Crippen molar-refractivity contribution in [2.24, 2.45) is 0 Å². The third kappa shape index (κ3) is 3.07. The summed E-state index contributed by atoms with van der Waals surface area (Å²) in [6.45, 7) is 2.75. The first kappa shape index (κ1) is 14.3. The van der Waals surface area contributed by atoms with E-state index in [1.807, 2.05) is 12.1 Å². The molecule has 0 saturated carbocycles. The Balaban J connectivity index is 2.20. The van der Waals surface area contributed by atoms with Gasteiger partial charge in [-0.25, -0.2) is 4.39 Å². The van der Waals surface area contributed by atoms with E-state index in [4.69, 9.17) is 14.0 Å². The van der Waals surface area contributed by atoms with Crippen molar-refractivity contribution in [2.45, 2.75) is 25.9 Å². The number of halogens is 1. The van der Waals surface area contributed by atoms with Crippen LogP contribution in [0.25, 0.3) is 0 Å². The Morgan fingerprint density at radius 2 is 1.90 bits per heavy atom. The van der Waals surface area contributed by atoms with Crippen LogP contribution < -0.4 is 9.47 Å². The molecule has 0 aliphatic rings. The molecule has 0 radical (unpaired) electrons. The highest BCUT2D eigenvalue weighted by Gasteiger charge is 2.26. The van der Waals surface area contributed by atoms with Crippen molar-refractivity contribution < 1.29 is 18.4 Å². The number of alkyl halides is 1. The summed E-state index contributed by atoms with van der Waals surface area (Å²) in [5.41, 5.74) is -0.713. The topological polar surface area (TPSA) is 57.4 Å². The average molecular weight is 280 g/mol. The normalized spacial score (nSPS) is 11.4. The first-order valence-electron chi connectivity index (χ1n) is 6.17. The van der Waals surface area contributed by atoms with Crippen molar-refractivity contribution in [3.63, 3.8) is 0 Å². The van der Waals surface area contributed by atoms with E-state index >= 15 is 0 Å². The van der Waals surface area contributed by atoms with Gasteiger partial charge in [-0.1, -0.05) is 11.2 Å². The van der Waals surface area contributed by atoms with Crippen LogP contribution in [0.2, 0.25) is 0 Å². The second kappa shape index (κ2) is 5.48. The molecule has 1 heterocycles. The highest BCUT2D eigenvalue weighted by atomic mass is 19.1. The van der Waals surface area contributed by atoms with E-state index in [0.29, 0.717) is 23.7 Å². The number of rotatable bonds is 5.